The second kappa shape index (κ2) is 10.9. The van der Waals surface area contributed by atoms with E-state index in [2.05, 4.69) is 32.2 Å². The Hall–Kier alpha value is -1.26. The molecule has 39 heavy (non-hydrogen) atoms. The van der Waals surface area contributed by atoms with Gasteiger partial charge in [-0.25, -0.2) is 0 Å². The molecule has 0 spiro atoms. The van der Waals surface area contributed by atoms with Gasteiger partial charge in [0, 0.05) is 29.5 Å². The Kier molecular flexibility index (Phi) is 7.41. The topological polar surface area (TPSA) is 50.7 Å². The maximum absolute atomic E-state index is 11.4. The molecule has 6 aliphatic rings. The number of phenolic OH excluding ortho intramolecular Hbond substituents is 1. The van der Waals surface area contributed by atoms with E-state index in [0.29, 0.717) is 53.6 Å². The number of fused-ring (bicyclic) bond motifs is 5. The molecule has 0 amide bonds. The fourth-order valence-electron chi connectivity index (χ4n) is 10.8. The summed E-state index contributed by atoms with van der Waals surface area (Å²) in [6.45, 7) is 8.38. The quantitative estimate of drug-likeness (QED) is 0.416. The first-order valence-corrected chi connectivity index (χ1v) is 16.9. The van der Waals surface area contributed by atoms with Crippen molar-refractivity contribution < 1.29 is 14.6 Å². The smallest absolute Gasteiger partial charge is 0.123 e. The van der Waals surface area contributed by atoms with E-state index in [1.807, 2.05) is 6.07 Å². The Balaban J connectivity index is 1.10. The minimum Gasteiger partial charge on any atom is -0.508 e. The summed E-state index contributed by atoms with van der Waals surface area (Å²) >= 11 is 0. The van der Waals surface area contributed by atoms with Crippen molar-refractivity contribution in [2.75, 3.05) is 6.54 Å². The van der Waals surface area contributed by atoms with E-state index >= 15 is 0 Å². The van der Waals surface area contributed by atoms with Gasteiger partial charge in [0.2, 0.25) is 0 Å². The van der Waals surface area contributed by atoms with E-state index in [-0.39, 0.29) is 6.10 Å². The highest BCUT2D eigenvalue weighted by Gasteiger charge is 2.48. The fraction of sp³-hybridized carbons (Fsp3) is 0.829. The summed E-state index contributed by atoms with van der Waals surface area (Å²) in [7, 11) is 0. The maximum Gasteiger partial charge on any atom is 0.123 e. The van der Waals surface area contributed by atoms with E-state index in [1.165, 1.54) is 75.3 Å². The Labute approximate surface area is 237 Å². The van der Waals surface area contributed by atoms with Crippen molar-refractivity contribution in [3.8, 4) is 11.5 Å². The van der Waals surface area contributed by atoms with Crippen LogP contribution in [0, 0.1) is 41.4 Å². The Morgan fingerprint density at radius 1 is 0.744 bits per heavy atom. The third-order valence-electron chi connectivity index (χ3n) is 12.6. The van der Waals surface area contributed by atoms with Crippen LogP contribution in [0.15, 0.2) is 12.1 Å². The minimum atomic E-state index is 0.211. The number of rotatable bonds is 4. The summed E-state index contributed by atoms with van der Waals surface area (Å²) in [5.74, 6) is 6.63. The van der Waals surface area contributed by atoms with E-state index in [0.717, 1.165) is 49.3 Å². The molecule has 5 aliphatic carbocycles. The minimum absolute atomic E-state index is 0.211. The number of ether oxygens (including phenoxy) is 2. The molecule has 5 fully saturated rings. The number of aromatic hydroxyl groups is 1. The molecule has 1 aromatic rings. The number of nitrogens with one attached hydrogen (secondary N) is 1. The van der Waals surface area contributed by atoms with Crippen molar-refractivity contribution >= 4 is 0 Å². The van der Waals surface area contributed by atoms with Gasteiger partial charge >= 0.3 is 0 Å². The molecule has 4 heteroatoms. The first-order valence-electron chi connectivity index (χ1n) is 16.9. The molecule has 4 nitrogen and oxygen atoms in total. The normalized spacial score (nSPS) is 45.5. The molecule has 0 aromatic heterocycles. The zero-order chi connectivity index (χ0) is 26.7. The lowest BCUT2D eigenvalue weighted by Gasteiger charge is -2.47. The van der Waals surface area contributed by atoms with Crippen LogP contribution in [0.4, 0.5) is 0 Å². The zero-order valence-electron chi connectivity index (χ0n) is 24.7. The standard InChI is InChI=1S/C35H53NO3/c1-20-7-4-10-26-22(3)17-24-18-25(19-28(37)33(24)32(20)26)38-31-14-13-23-9-6-12-30(34(23)31)39-29-15-16-36-35-21(2)8-5-11-27(29)35/h18-23,26-27,29-32,34-37H,4-17H2,1-3H3. The average molecular weight is 536 g/mol. The molecule has 12 atom stereocenters. The first-order chi connectivity index (χ1) is 19.0. The van der Waals surface area contributed by atoms with Crippen molar-refractivity contribution in [3.05, 3.63) is 23.3 Å². The van der Waals surface area contributed by atoms with Crippen LogP contribution in [0.1, 0.15) is 115 Å². The highest BCUT2D eigenvalue weighted by molar-refractivity contribution is 5.50. The summed E-state index contributed by atoms with van der Waals surface area (Å²) in [5, 5.41) is 15.2. The molecule has 1 aliphatic heterocycles. The monoisotopic (exact) mass is 535 g/mol. The zero-order valence-corrected chi connectivity index (χ0v) is 24.7. The van der Waals surface area contributed by atoms with Gasteiger partial charge in [0.15, 0.2) is 0 Å². The number of phenols is 1. The lowest BCUT2D eigenvalue weighted by atomic mass is 9.60. The van der Waals surface area contributed by atoms with Crippen molar-refractivity contribution in [2.24, 2.45) is 41.4 Å². The molecular formula is C35H53NO3. The van der Waals surface area contributed by atoms with Gasteiger partial charge in [-0.05, 0) is 111 Å². The van der Waals surface area contributed by atoms with Crippen LogP contribution < -0.4 is 10.1 Å². The van der Waals surface area contributed by atoms with Gasteiger partial charge in [-0.1, -0.05) is 46.5 Å². The van der Waals surface area contributed by atoms with Gasteiger partial charge in [-0.3, -0.25) is 0 Å². The van der Waals surface area contributed by atoms with Gasteiger partial charge in [0.05, 0.1) is 12.2 Å². The van der Waals surface area contributed by atoms with Crippen LogP contribution in [0.5, 0.6) is 11.5 Å². The first kappa shape index (κ1) is 26.6. The van der Waals surface area contributed by atoms with Crippen LogP contribution in [0.25, 0.3) is 0 Å². The SMILES string of the molecule is CC1Cc2cc(OC3CCC4CCCC(OC5CCNC6C(C)CCCC56)C43)cc(O)c2C2C(C)CCCC12. The van der Waals surface area contributed by atoms with Gasteiger partial charge < -0.3 is 19.9 Å². The molecule has 0 bridgehead atoms. The molecule has 216 valence electrons. The Morgan fingerprint density at radius 2 is 1.54 bits per heavy atom. The lowest BCUT2D eigenvalue weighted by Crippen LogP contribution is -2.55. The summed E-state index contributed by atoms with van der Waals surface area (Å²) in [5.41, 5.74) is 2.61. The van der Waals surface area contributed by atoms with E-state index in [1.54, 1.807) is 0 Å². The summed E-state index contributed by atoms with van der Waals surface area (Å²) in [4.78, 5) is 0. The average Bonchev–Trinajstić information content (AvgIpc) is 3.33. The molecule has 4 saturated carbocycles. The van der Waals surface area contributed by atoms with E-state index in [4.69, 9.17) is 9.47 Å². The van der Waals surface area contributed by atoms with Crippen molar-refractivity contribution in [2.45, 2.75) is 135 Å². The largest absolute Gasteiger partial charge is 0.508 e. The lowest BCUT2D eigenvalue weighted by molar-refractivity contribution is -0.129. The van der Waals surface area contributed by atoms with Crippen molar-refractivity contribution in [3.63, 3.8) is 0 Å². The molecule has 1 heterocycles. The third-order valence-corrected chi connectivity index (χ3v) is 12.6. The summed E-state index contributed by atoms with van der Waals surface area (Å²) in [6.07, 6.45) is 17.4. The predicted molar refractivity (Wildman–Crippen MR) is 156 cm³/mol. The highest BCUT2D eigenvalue weighted by atomic mass is 16.5. The highest BCUT2D eigenvalue weighted by Crippen LogP contribution is 2.54. The number of hydrogen-bond donors (Lipinski definition) is 2. The Morgan fingerprint density at radius 3 is 2.41 bits per heavy atom. The van der Waals surface area contributed by atoms with Crippen LogP contribution in [-0.4, -0.2) is 36.0 Å². The second-order valence-electron chi connectivity index (χ2n) is 14.9. The van der Waals surface area contributed by atoms with Crippen molar-refractivity contribution in [1.29, 1.82) is 0 Å². The van der Waals surface area contributed by atoms with Gasteiger partial charge in [-0.15, -0.1) is 0 Å². The van der Waals surface area contributed by atoms with Gasteiger partial charge in [0.25, 0.3) is 0 Å². The molecule has 1 aromatic carbocycles. The molecule has 1 saturated heterocycles. The van der Waals surface area contributed by atoms with Crippen molar-refractivity contribution in [1.82, 2.24) is 5.32 Å². The number of benzene rings is 1. The number of piperidine rings is 1. The molecule has 12 unspecified atom stereocenters. The summed E-state index contributed by atoms with van der Waals surface area (Å²) < 4.78 is 14.0. The molecule has 2 N–H and O–H groups in total. The van der Waals surface area contributed by atoms with Crippen LogP contribution in [0.3, 0.4) is 0 Å². The maximum atomic E-state index is 11.4. The van der Waals surface area contributed by atoms with Crippen LogP contribution in [-0.2, 0) is 11.2 Å². The van der Waals surface area contributed by atoms with E-state index in [9.17, 15) is 5.11 Å². The molecule has 0 radical (unpaired) electrons. The third kappa shape index (κ3) is 4.84. The second-order valence-corrected chi connectivity index (χ2v) is 14.9. The van der Waals surface area contributed by atoms with Crippen LogP contribution >= 0.6 is 0 Å². The van der Waals surface area contributed by atoms with Gasteiger partial charge in [0.1, 0.15) is 17.6 Å². The van der Waals surface area contributed by atoms with Crippen LogP contribution in [0.2, 0.25) is 0 Å². The molecular weight excluding hydrogens is 482 g/mol. The van der Waals surface area contributed by atoms with Gasteiger partial charge in [-0.2, -0.15) is 0 Å². The Bertz CT molecular complexity index is 1030. The van der Waals surface area contributed by atoms with E-state index < -0.39 is 0 Å². The number of hydrogen-bond acceptors (Lipinski definition) is 4. The molecule has 7 rings (SSSR count). The predicted octanol–water partition coefficient (Wildman–Crippen LogP) is 7.61. The summed E-state index contributed by atoms with van der Waals surface area (Å²) in [6, 6.07) is 4.93. The fourth-order valence-corrected chi connectivity index (χ4v) is 10.8.